The molecule has 118 valence electrons. The van der Waals surface area contributed by atoms with Gasteiger partial charge >= 0.3 is 12.2 Å². The van der Waals surface area contributed by atoms with Gasteiger partial charge in [0, 0.05) is 19.0 Å². The smallest absolute Gasteiger partial charge is 0.407 e. The molecular weight excluding hydrogens is 284 g/mol. The molecule has 0 radical (unpaired) electrons. The van der Waals surface area contributed by atoms with E-state index in [1.165, 1.54) is 4.90 Å². The molecule has 0 spiro atoms. The SMILES string of the molecule is C=C[C@H](NC(=O)OCc1ccccc1)C1CCN(C(=O)O)C1. The molecule has 2 atom stereocenters. The van der Waals surface area contributed by atoms with E-state index >= 15 is 0 Å². The molecule has 0 aromatic heterocycles. The maximum absolute atomic E-state index is 11.8. The Morgan fingerprint density at radius 2 is 2.18 bits per heavy atom. The molecule has 0 aliphatic carbocycles. The molecule has 0 bridgehead atoms. The van der Waals surface area contributed by atoms with Crippen molar-refractivity contribution >= 4 is 12.2 Å². The monoisotopic (exact) mass is 304 g/mol. The second kappa shape index (κ2) is 7.49. The molecule has 1 fully saturated rings. The van der Waals surface area contributed by atoms with Crippen molar-refractivity contribution in [2.75, 3.05) is 13.1 Å². The van der Waals surface area contributed by atoms with Gasteiger partial charge in [0.15, 0.2) is 0 Å². The summed E-state index contributed by atoms with van der Waals surface area (Å²) in [6.07, 6.45) is 0.862. The molecule has 22 heavy (non-hydrogen) atoms. The highest BCUT2D eigenvalue weighted by Crippen LogP contribution is 2.20. The first-order valence-corrected chi connectivity index (χ1v) is 7.18. The van der Waals surface area contributed by atoms with Crippen molar-refractivity contribution in [3.8, 4) is 0 Å². The number of carbonyl (C=O) groups excluding carboxylic acids is 1. The summed E-state index contributed by atoms with van der Waals surface area (Å²) in [5.74, 6) is 0.0258. The van der Waals surface area contributed by atoms with Crippen LogP contribution in [0.2, 0.25) is 0 Å². The quantitative estimate of drug-likeness (QED) is 0.819. The van der Waals surface area contributed by atoms with Crippen LogP contribution >= 0.6 is 0 Å². The number of hydrogen-bond acceptors (Lipinski definition) is 3. The van der Waals surface area contributed by atoms with Gasteiger partial charge in [-0.15, -0.1) is 6.58 Å². The molecule has 1 saturated heterocycles. The highest BCUT2D eigenvalue weighted by atomic mass is 16.5. The van der Waals surface area contributed by atoms with Crippen molar-refractivity contribution in [1.82, 2.24) is 10.2 Å². The van der Waals surface area contributed by atoms with Crippen LogP contribution in [0, 0.1) is 5.92 Å². The van der Waals surface area contributed by atoms with Crippen LogP contribution in [0.25, 0.3) is 0 Å². The lowest BCUT2D eigenvalue weighted by atomic mass is 9.99. The molecule has 2 N–H and O–H groups in total. The van der Waals surface area contributed by atoms with E-state index in [0.717, 1.165) is 5.56 Å². The van der Waals surface area contributed by atoms with Crippen molar-refractivity contribution in [2.45, 2.75) is 19.1 Å². The third-order valence-corrected chi connectivity index (χ3v) is 3.75. The number of carboxylic acid groups (broad SMARTS) is 1. The van der Waals surface area contributed by atoms with Gasteiger partial charge in [-0.2, -0.15) is 0 Å². The van der Waals surface area contributed by atoms with Gasteiger partial charge in [0.2, 0.25) is 0 Å². The number of benzene rings is 1. The molecule has 1 aliphatic heterocycles. The van der Waals surface area contributed by atoms with Gasteiger partial charge in [-0.1, -0.05) is 36.4 Å². The zero-order chi connectivity index (χ0) is 15.9. The van der Waals surface area contributed by atoms with Crippen LogP contribution < -0.4 is 5.32 Å². The summed E-state index contributed by atoms with van der Waals surface area (Å²) < 4.78 is 5.17. The van der Waals surface area contributed by atoms with Gasteiger partial charge in [0.1, 0.15) is 6.61 Å². The van der Waals surface area contributed by atoms with Crippen LogP contribution in [-0.2, 0) is 11.3 Å². The van der Waals surface area contributed by atoms with E-state index < -0.39 is 12.2 Å². The fraction of sp³-hybridized carbons (Fsp3) is 0.375. The van der Waals surface area contributed by atoms with Crippen molar-refractivity contribution < 1.29 is 19.4 Å². The van der Waals surface area contributed by atoms with Gasteiger partial charge in [-0.3, -0.25) is 0 Å². The lowest BCUT2D eigenvalue weighted by Gasteiger charge is -2.21. The summed E-state index contributed by atoms with van der Waals surface area (Å²) in [7, 11) is 0. The Bertz CT molecular complexity index is 532. The lowest BCUT2D eigenvalue weighted by Crippen LogP contribution is -2.40. The van der Waals surface area contributed by atoms with Crippen LogP contribution in [0.15, 0.2) is 43.0 Å². The van der Waals surface area contributed by atoms with Crippen LogP contribution in [0.3, 0.4) is 0 Å². The van der Waals surface area contributed by atoms with E-state index in [1.807, 2.05) is 30.3 Å². The zero-order valence-corrected chi connectivity index (χ0v) is 12.3. The average Bonchev–Trinajstić information content (AvgIpc) is 3.01. The van der Waals surface area contributed by atoms with Crippen molar-refractivity contribution in [3.05, 3.63) is 48.6 Å². The Morgan fingerprint density at radius 3 is 2.77 bits per heavy atom. The normalized spacial score (nSPS) is 18.5. The fourth-order valence-corrected chi connectivity index (χ4v) is 2.52. The highest BCUT2D eigenvalue weighted by Gasteiger charge is 2.31. The minimum absolute atomic E-state index is 0.0258. The fourth-order valence-electron chi connectivity index (χ4n) is 2.52. The number of carbonyl (C=O) groups is 2. The minimum Gasteiger partial charge on any atom is -0.465 e. The number of rotatable bonds is 5. The maximum atomic E-state index is 11.8. The van der Waals surface area contributed by atoms with Gasteiger partial charge in [0.05, 0.1) is 6.04 Å². The predicted molar refractivity (Wildman–Crippen MR) is 81.5 cm³/mol. The number of hydrogen-bond donors (Lipinski definition) is 2. The number of nitrogens with one attached hydrogen (secondary N) is 1. The van der Waals surface area contributed by atoms with Gasteiger partial charge < -0.3 is 20.1 Å². The highest BCUT2D eigenvalue weighted by molar-refractivity contribution is 5.68. The standard InChI is InChI=1S/C16H20N2O4/c1-2-14(13-8-9-18(10-13)16(20)21)17-15(19)22-11-12-6-4-3-5-7-12/h2-7,13-14H,1,8-11H2,(H,17,19)(H,20,21)/t13?,14-/m0/s1. The average molecular weight is 304 g/mol. The lowest BCUT2D eigenvalue weighted by molar-refractivity contribution is 0.134. The zero-order valence-electron chi connectivity index (χ0n) is 12.3. The molecular formula is C16H20N2O4. The first-order valence-electron chi connectivity index (χ1n) is 7.18. The molecule has 2 rings (SSSR count). The predicted octanol–water partition coefficient (Wildman–Crippen LogP) is 2.47. The van der Waals surface area contributed by atoms with E-state index in [0.29, 0.717) is 19.5 Å². The van der Waals surface area contributed by atoms with Gasteiger partial charge in [-0.05, 0) is 12.0 Å². The van der Waals surface area contributed by atoms with Crippen LogP contribution in [-0.4, -0.2) is 41.3 Å². The molecule has 1 unspecified atom stereocenters. The maximum Gasteiger partial charge on any atom is 0.407 e. The number of ether oxygens (including phenoxy) is 1. The van der Waals surface area contributed by atoms with E-state index in [9.17, 15) is 9.59 Å². The summed E-state index contributed by atoms with van der Waals surface area (Å²) in [6, 6.07) is 9.10. The third-order valence-electron chi connectivity index (χ3n) is 3.75. The molecule has 1 aromatic carbocycles. The summed E-state index contributed by atoms with van der Waals surface area (Å²) in [5.41, 5.74) is 0.908. The number of alkyl carbamates (subject to hydrolysis) is 1. The molecule has 1 heterocycles. The Morgan fingerprint density at radius 1 is 1.45 bits per heavy atom. The Labute approximate surface area is 129 Å². The van der Waals surface area contributed by atoms with Crippen LogP contribution in [0.5, 0.6) is 0 Å². The van der Waals surface area contributed by atoms with Crippen LogP contribution in [0.4, 0.5) is 9.59 Å². The summed E-state index contributed by atoms with van der Waals surface area (Å²) in [6.45, 7) is 4.78. The summed E-state index contributed by atoms with van der Waals surface area (Å²) in [4.78, 5) is 24.1. The molecule has 2 amide bonds. The molecule has 0 saturated carbocycles. The van der Waals surface area contributed by atoms with Crippen molar-refractivity contribution in [3.63, 3.8) is 0 Å². The minimum atomic E-state index is -0.933. The molecule has 1 aliphatic rings. The molecule has 6 nitrogen and oxygen atoms in total. The summed E-state index contributed by atoms with van der Waals surface area (Å²) >= 11 is 0. The van der Waals surface area contributed by atoms with E-state index in [2.05, 4.69) is 11.9 Å². The van der Waals surface area contributed by atoms with Gasteiger partial charge in [-0.25, -0.2) is 9.59 Å². The molecule has 6 heteroatoms. The third kappa shape index (κ3) is 4.25. The molecule has 1 aromatic rings. The largest absolute Gasteiger partial charge is 0.465 e. The second-order valence-electron chi connectivity index (χ2n) is 5.24. The number of nitrogens with zero attached hydrogens (tertiary/aromatic N) is 1. The summed E-state index contributed by atoms with van der Waals surface area (Å²) in [5, 5.41) is 11.7. The first-order chi connectivity index (χ1) is 10.6. The topological polar surface area (TPSA) is 78.9 Å². The Kier molecular flexibility index (Phi) is 5.41. The van der Waals surface area contributed by atoms with E-state index in [1.54, 1.807) is 6.08 Å². The van der Waals surface area contributed by atoms with Crippen molar-refractivity contribution in [1.29, 1.82) is 0 Å². The van der Waals surface area contributed by atoms with Gasteiger partial charge in [0.25, 0.3) is 0 Å². The second-order valence-corrected chi connectivity index (χ2v) is 5.24. The number of likely N-dealkylation sites (tertiary alicyclic amines) is 1. The first kappa shape index (κ1) is 15.9. The van der Waals surface area contributed by atoms with E-state index in [-0.39, 0.29) is 18.6 Å². The van der Waals surface area contributed by atoms with Crippen molar-refractivity contribution in [2.24, 2.45) is 5.92 Å². The Hall–Kier alpha value is -2.50. The van der Waals surface area contributed by atoms with E-state index in [4.69, 9.17) is 9.84 Å². The Balaban J connectivity index is 1.81. The van der Waals surface area contributed by atoms with Crippen LogP contribution in [0.1, 0.15) is 12.0 Å². The number of amides is 2.